The number of hydrogen-bond acceptors (Lipinski definition) is 26. The molecule has 1 unspecified atom stereocenters. The molecule has 4 aliphatic rings. The van der Waals surface area contributed by atoms with E-state index in [0.717, 1.165) is 20.8 Å². The average molecular weight is 962 g/mol. The first-order valence-electron chi connectivity index (χ1n) is 20.6. The molecule has 3 amide bonds. The molecule has 380 valence electrons. The van der Waals surface area contributed by atoms with Crippen molar-refractivity contribution in [3.63, 3.8) is 0 Å². The van der Waals surface area contributed by atoms with Gasteiger partial charge < -0.3 is 130 Å². The first-order chi connectivity index (χ1) is 30.8. The van der Waals surface area contributed by atoms with Gasteiger partial charge in [-0.05, 0) is 6.92 Å². The Kier molecular flexibility index (Phi) is 19.1. The Balaban J connectivity index is 1.66. The molecule has 0 aromatic carbocycles. The van der Waals surface area contributed by atoms with E-state index >= 15 is 0 Å². The lowest BCUT2D eigenvalue weighted by Crippen LogP contribution is -2.72. The predicted molar refractivity (Wildman–Crippen MR) is 201 cm³/mol. The van der Waals surface area contributed by atoms with E-state index in [9.17, 15) is 95.5 Å². The quantitative estimate of drug-likeness (QED) is 0.0571. The van der Waals surface area contributed by atoms with Gasteiger partial charge in [-0.2, -0.15) is 0 Å². The van der Waals surface area contributed by atoms with Crippen LogP contribution in [0.25, 0.3) is 0 Å². The molecule has 4 aliphatic heterocycles. The molecular weight excluding hydrogens is 902 g/mol. The number of aliphatic hydroxyl groups excluding tert-OH is 12. The Morgan fingerprint density at radius 1 is 0.652 bits per heavy atom. The highest BCUT2D eigenvalue weighted by Crippen LogP contribution is 2.39. The number of hydrogen-bond donors (Lipinski definition) is 15. The number of aliphatic hydroxyl groups is 12. The van der Waals surface area contributed by atoms with Crippen molar-refractivity contribution in [2.24, 2.45) is 0 Å². The van der Waals surface area contributed by atoms with Gasteiger partial charge in [0.05, 0.1) is 62.9 Å². The maximum atomic E-state index is 12.8. The lowest BCUT2D eigenvalue weighted by atomic mass is 9.88. The van der Waals surface area contributed by atoms with Crippen molar-refractivity contribution in [2.75, 3.05) is 26.4 Å². The Bertz CT molecular complexity index is 1680. The van der Waals surface area contributed by atoms with Gasteiger partial charge in [-0.25, -0.2) is 0 Å². The Hall–Kier alpha value is -3.41. The zero-order chi connectivity index (χ0) is 49.7. The van der Waals surface area contributed by atoms with Crippen LogP contribution >= 0.6 is 0 Å². The van der Waals surface area contributed by atoms with E-state index in [1.807, 2.05) is 0 Å². The second kappa shape index (κ2) is 22.8. The molecule has 0 aromatic heterocycles. The molecule has 0 spiro atoms. The van der Waals surface area contributed by atoms with Gasteiger partial charge >= 0.3 is 0 Å². The number of carbonyl (C=O) groups excluding carboxylic acids is 5. The van der Waals surface area contributed by atoms with Gasteiger partial charge in [0.2, 0.25) is 29.3 Å². The van der Waals surface area contributed by atoms with Crippen LogP contribution in [0.15, 0.2) is 0 Å². The van der Waals surface area contributed by atoms with Gasteiger partial charge in [-0.15, -0.1) is 0 Å². The molecule has 22 atom stereocenters. The third-order valence-corrected chi connectivity index (χ3v) is 11.6. The first-order valence-corrected chi connectivity index (χ1v) is 20.6. The summed E-state index contributed by atoms with van der Waals surface area (Å²) in [4.78, 5) is 61.8. The minimum atomic E-state index is -3.27. The summed E-state index contributed by atoms with van der Waals surface area (Å²) in [7, 11) is 0. The van der Waals surface area contributed by atoms with Gasteiger partial charge in [-0.1, -0.05) is 0 Å². The topological polar surface area (TPSA) is 475 Å². The standard InChI is InChI=1S/C37H61N3O26/c1-11-21(38-12(2)44)29(27(54)20(61-11)10-60-36(34(56)57)5-15(47)22(39-13(3)45)30(64-36)24(51)17(49)7-41)63-33-28(55)32(26(53)19(9-43)62-33)66-37(35(58)59)6-16(48)23(40-14(4)46)31(65-37)25(52)18(50)8-42/h11,15-33,41-43,47-55H,5-10H2,1-4H3,(H,38,44)(H,39,45)(H,40,46)(H,56,57)(H,58,59)/p-2/t11?,15-,16-,17+,18+,19+,20+,21-,22+,23+,24+,25+,26-,27-,28+,29+,30+,31+,32-,33-,36-,37+/m0/s1. The third-order valence-electron chi connectivity index (χ3n) is 11.6. The predicted octanol–water partition coefficient (Wildman–Crippen LogP) is -12.5. The van der Waals surface area contributed by atoms with Crippen LogP contribution in [0.3, 0.4) is 0 Å². The molecule has 0 saturated carbocycles. The van der Waals surface area contributed by atoms with Crippen molar-refractivity contribution in [2.45, 2.75) is 174 Å². The summed E-state index contributed by atoms with van der Waals surface area (Å²) in [5.74, 6) is -13.1. The van der Waals surface area contributed by atoms with Crippen LogP contribution in [-0.4, -0.2) is 251 Å². The fraction of sp³-hybridized carbons (Fsp3) is 0.865. The number of aliphatic carboxylic acids is 2. The number of nitrogens with one attached hydrogen (secondary N) is 3. The largest absolute Gasteiger partial charge is 0.544 e. The highest BCUT2D eigenvalue weighted by molar-refractivity contribution is 5.76. The smallest absolute Gasteiger partial charge is 0.217 e. The maximum absolute atomic E-state index is 12.8. The molecule has 29 heteroatoms. The summed E-state index contributed by atoms with van der Waals surface area (Å²) < 4.78 is 39.7. The van der Waals surface area contributed by atoms with E-state index in [1.54, 1.807) is 0 Å². The highest BCUT2D eigenvalue weighted by Gasteiger charge is 2.59. The average Bonchev–Trinajstić information content (AvgIpc) is 3.24. The van der Waals surface area contributed by atoms with Crippen molar-refractivity contribution < 1.29 is 129 Å². The van der Waals surface area contributed by atoms with Crippen LogP contribution in [0.2, 0.25) is 0 Å². The molecule has 15 N–H and O–H groups in total. The van der Waals surface area contributed by atoms with Crippen LogP contribution in [0.5, 0.6) is 0 Å². The van der Waals surface area contributed by atoms with Crippen molar-refractivity contribution in [3.05, 3.63) is 0 Å². The summed E-state index contributed by atoms with van der Waals surface area (Å²) in [6.45, 7) is 0.0616. The number of rotatable bonds is 19. The number of ether oxygens (including phenoxy) is 7. The van der Waals surface area contributed by atoms with Crippen LogP contribution in [-0.2, 0) is 57.1 Å². The first kappa shape index (κ1) is 55.2. The molecule has 4 heterocycles. The minimum absolute atomic E-state index is 0.741. The molecule has 29 nitrogen and oxygen atoms in total. The SMILES string of the molecule is CC(=O)N[C@H]1[C@H]([C@H](O)[C@H](O)CO)O[C@](OC[C@H]2OC(C)[C@H](NC(C)=O)[C@@H](O[C@@H]3O[C@H](CO)[C@H](O)[C@H](O[C@@]4(C(=O)[O-])C[C@H](O)[C@@H](NC(C)=O)[C@H]([C@H](O)[C@H](O)CO)O4)[C@H]3O)[C@H]2O)(C(=O)[O-])C[C@@H]1O. The zero-order valence-electron chi connectivity index (χ0n) is 35.9. The van der Waals surface area contributed by atoms with E-state index in [0.29, 0.717) is 0 Å². The van der Waals surface area contributed by atoms with E-state index in [2.05, 4.69) is 16.0 Å². The van der Waals surface area contributed by atoms with E-state index in [4.69, 9.17) is 33.2 Å². The molecule has 4 saturated heterocycles. The van der Waals surface area contributed by atoms with Crippen molar-refractivity contribution in [1.82, 2.24) is 16.0 Å². The fourth-order valence-electron chi connectivity index (χ4n) is 8.27. The second-order valence-corrected chi connectivity index (χ2v) is 16.5. The van der Waals surface area contributed by atoms with E-state index < -0.39 is 203 Å². The summed E-state index contributed by atoms with van der Waals surface area (Å²) in [6.07, 6.45) is -36.3. The Morgan fingerprint density at radius 2 is 1.09 bits per heavy atom. The summed E-state index contributed by atoms with van der Waals surface area (Å²) in [6, 6.07) is -4.64. The molecule has 0 bridgehead atoms. The molecule has 0 radical (unpaired) electrons. The van der Waals surface area contributed by atoms with E-state index in [-0.39, 0.29) is 0 Å². The van der Waals surface area contributed by atoms with Crippen molar-refractivity contribution >= 4 is 29.7 Å². The van der Waals surface area contributed by atoms with Gasteiger partial charge in [0, 0.05) is 33.6 Å². The second-order valence-electron chi connectivity index (χ2n) is 16.5. The van der Waals surface area contributed by atoms with Crippen LogP contribution in [0.1, 0.15) is 40.5 Å². The van der Waals surface area contributed by atoms with Crippen LogP contribution in [0, 0.1) is 0 Å². The van der Waals surface area contributed by atoms with Crippen LogP contribution in [0.4, 0.5) is 0 Å². The zero-order valence-corrected chi connectivity index (χ0v) is 35.9. The van der Waals surface area contributed by atoms with Crippen molar-refractivity contribution in [1.29, 1.82) is 0 Å². The Labute approximate surface area is 374 Å². The normalized spacial score (nSPS) is 41.4. The molecule has 0 aliphatic carbocycles. The lowest BCUT2D eigenvalue weighted by Gasteiger charge is -2.52. The molecule has 4 rings (SSSR count). The minimum Gasteiger partial charge on any atom is -0.544 e. The van der Waals surface area contributed by atoms with Gasteiger partial charge in [0.1, 0.15) is 91.3 Å². The number of amides is 3. The monoisotopic (exact) mass is 961 g/mol. The molecule has 4 fully saturated rings. The molecule has 66 heavy (non-hydrogen) atoms. The van der Waals surface area contributed by atoms with Gasteiger partial charge in [0.15, 0.2) is 6.29 Å². The number of carboxylic acids is 2. The van der Waals surface area contributed by atoms with Crippen molar-refractivity contribution in [3.8, 4) is 0 Å². The van der Waals surface area contributed by atoms with Crippen LogP contribution < -0.4 is 26.2 Å². The lowest BCUT2D eigenvalue weighted by molar-refractivity contribution is -0.409. The third kappa shape index (κ3) is 12.1. The molecular formula is C37H59N3O26-2. The summed E-state index contributed by atoms with van der Waals surface area (Å²) >= 11 is 0. The van der Waals surface area contributed by atoms with E-state index in [1.165, 1.54) is 6.92 Å². The van der Waals surface area contributed by atoms with Gasteiger partial charge in [-0.3, -0.25) is 14.4 Å². The van der Waals surface area contributed by atoms with Gasteiger partial charge in [0.25, 0.3) is 0 Å². The Morgan fingerprint density at radius 3 is 1.53 bits per heavy atom. The highest BCUT2D eigenvalue weighted by atomic mass is 16.8. The maximum Gasteiger partial charge on any atom is 0.217 e. The number of carboxylic acid groups (broad SMARTS) is 2. The molecule has 0 aromatic rings. The number of carbonyl (C=O) groups is 5. The fourth-order valence-corrected chi connectivity index (χ4v) is 8.27. The summed E-state index contributed by atoms with van der Waals surface area (Å²) in [5.41, 5.74) is 0. The summed E-state index contributed by atoms with van der Waals surface area (Å²) in [5, 5.41) is 160.